The lowest BCUT2D eigenvalue weighted by Crippen LogP contribution is -2.18. The molecule has 1 amide bonds. The molecule has 0 bridgehead atoms. The molecule has 3 rings (SSSR count). The van der Waals surface area contributed by atoms with Gasteiger partial charge in [-0.15, -0.1) is 0 Å². The van der Waals surface area contributed by atoms with E-state index in [2.05, 4.69) is 10.3 Å². The van der Waals surface area contributed by atoms with Crippen molar-refractivity contribution >= 4 is 23.2 Å². The molecule has 0 aliphatic carbocycles. The third-order valence-electron chi connectivity index (χ3n) is 4.27. The zero-order valence-corrected chi connectivity index (χ0v) is 16.6. The highest BCUT2D eigenvalue weighted by Crippen LogP contribution is 2.30. The molecule has 30 heavy (non-hydrogen) atoms. The van der Waals surface area contributed by atoms with E-state index in [0.29, 0.717) is 17.8 Å². The lowest BCUT2D eigenvalue weighted by Gasteiger charge is -2.11. The fraction of sp³-hybridized carbons (Fsp3) is 0.286. The number of hydrogen-bond donors (Lipinski definition) is 1. The van der Waals surface area contributed by atoms with Gasteiger partial charge in [-0.25, -0.2) is 9.78 Å². The monoisotopic (exact) mass is 419 g/mol. The second-order valence-corrected chi connectivity index (χ2v) is 6.89. The molecule has 9 heteroatoms. The summed E-state index contributed by atoms with van der Waals surface area (Å²) in [6, 6.07) is 8.28. The van der Waals surface area contributed by atoms with Crippen LogP contribution >= 0.6 is 0 Å². The van der Waals surface area contributed by atoms with Crippen LogP contribution in [-0.2, 0) is 17.3 Å². The number of ether oxygens (including phenoxy) is 1. The largest absolute Gasteiger partial charge is 0.459 e. The lowest BCUT2D eigenvalue weighted by atomic mass is 10.2. The van der Waals surface area contributed by atoms with Gasteiger partial charge in [0, 0.05) is 11.9 Å². The topological polar surface area (TPSA) is 72.7 Å². The second kappa shape index (κ2) is 8.17. The number of alkyl halides is 3. The van der Waals surface area contributed by atoms with Crippen molar-refractivity contribution in [3.05, 3.63) is 65.1 Å². The van der Waals surface area contributed by atoms with Crippen LogP contribution in [0.1, 0.15) is 52.9 Å². The molecule has 0 fully saturated rings. The van der Waals surface area contributed by atoms with Crippen molar-refractivity contribution in [1.82, 2.24) is 9.38 Å². The molecule has 1 aromatic carbocycles. The first-order valence-corrected chi connectivity index (χ1v) is 9.30. The minimum absolute atomic E-state index is 0.00811. The van der Waals surface area contributed by atoms with Crippen LogP contribution in [0.4, 0.5) is 18.9 Å². The van der Waals surface area contributed by atoms with Crippen LogP contribution in [-0.4, -0.2) is 27.4 Å². The van der Waals surface area contributed by atoms with Gasteiger partial charge in [-0.2, -0.15) is 13.2 Å². The maximum Gasteiger partial charge on any atom is 0.417 e. The predicted octanol–water partition coefficient (Wildman–Crippen LogP) is 4.73. The predicted molar refractivity (Wildman–Crippen MR) is 105 cm³/mol. The Kier molecular flexibility index (Phi) is 5.82. The molecule has 0 unspecified atom stereocenters. The number of hydrogen-bond acceptors (Lipinski definition) is 4. The van der Waals surface area contributed by atoms with Crippen molar-refractivity contribution in [2.45, 2.75) is 39.5 Å². The number of amides is 1. The Morgan fingerprint density at radius 1 is 1.20 bits per heavy atom. The molecule has 1 N–H and O–H groups in total. The zero-order chi connectivity index (χ0) is 22.1. The number of fused-ring (bicyclic) bond motifs is 1. The Balaban J connectivity index is 1.96. The maximum absolute atomic E-state index is 13.1. The molecular weight excluding hydrogens is 399 g/mol. The number of imidazole rings is 1. The van der Waals surface area contributed by atoms with E-state index in [9.17, 15) is 22.8 Å². The Morgan fingerprint density at radius 3 is 2.57 bits per heavy atom. The SMILES string of the molecule is CCc1nc2ccc(C(F)(F)F)cn2c1C(=O)Nc1cccc(C(=O)OC(C)C)c1. The van der Waals surface area contributed by atoms with Crippen molar-refractivity contribution in [2.24, 2.45) is 0 Å². The van der Waals surface area contributed by atoms with E-state index in [0.717, 1.165) is 16.7 Å². The molecule has 0 atom stereocenters. The number of halogens is 3. The number of esters is 1. The van der Waals surface area contributed by atoms with Gasteiger partial charge in [0.25, 0.3) is 5.91 Å². The van der Waals surface area contributed by atoms with E-state index in [4.69, 9.17) is 4.74 Å². The van der Waals surface area contributed by atoms with Crippen LogP contribution in [0.15, 0.2) is 42.6 Å². The molecule has 0 aliphatic rings. The number of pyridine rings is 1. The summed E-state index contributed by atoms with van der Waals surface area (Å²) in [7, 11) is 0. The number of nitrogens with zero attached hydrogens (tertiary/aromatic N) is 2. The number of aromatic nitrogens is 2. The van der Waals surface area contributed by atoms with E-state index in [1.54, 1.807) is 39.0 Å². The number of aryl methyl sites for hydroxylation is 1. The normalized spacial score (nSPS) is 11.7. The van der Waals surface area contributed by atoms with E-state index in [1.807, 2.05) is 0 Å². The van der Waals surface area contributed by atoms with Crippen molar-refractivity contribution in [2.75, 3.05) is 5.32 Å². The number of nitrogens with one attached hydrogen (secondary N) is 1. The summed E-state index contributed by atoms with van der Waals surface area (Å²) in [6.45, 7) is 5.19. The second-order valence-electron chi connectivity index (χ2n) is 6.89. The van der Waals surface area contributed by atoms with E-state index in [-0.39, 0.29) is 23.0 Å². The Hall–Kier alpha value is -3.36. The standard InChI is InChI=1S/C21H20F3N3O3/c1-4-16-18(27-11-14(21(22,23)24)8-9-17(27)26-16)19(28)25-15-7-5-6-13(10-15)20(29)30-12(2)3/h5-12H,4H2,1-3H3,(H,25,28). The molecule has 0 saturated carbocycles. The summed E-state index contributed by atoms with van der Waals surface area (Å²) in [4.78, 5) is 29.2. The molecule has 0 radical (unpaired) electrons. The van der Waals surface area contributed by atoms with Gasteiger partial charge >= 0.3 is 12.1 Å². The van der Waals surface area contributed by atoms with Crippen molar-refractivity contribution in [3.63, 3.8) is 0 Å². The van der Waals surface area contributed by atoms with Crippen molar-refractivity contribution in [1.29, 1.82) is 0 Å². The van der Waals surface area contributed by atoms with E-state index < -0.39 is 23.6 Å². The maximum atomic E-state index is 13.1. The highest BCUT2D eigenvalue weighted by Gasteiger charge is 2.32. The summed E-state index contributed by atoms with van der Waals surface area (Å²) in [5, 5.41) is 2.63. The Labute approximate surface area is 170 Å². The van der Waals surface area contributed by atoms with Gasteiger partial charge in [0.05, 0.1) is 22.9 Å². The van der Waals surface area contributed by atoms with Gasteiger partial charge in [0.15, 0.2) is 0 Å². The molecule has 2 heterocycles. The molecule has 0 saturated heterocycles. The third-order valence-corrected chi connectivity index (χ3v) is 4.27. The van der Waals surface area contributed by atoms with Gasteiger partial charge in [-0.3, -0.25) is 9.20 Å². The Morgan fingerprint density at radius 2 is 1.93 bits per heavy atom. The first-order valence-electron chi connectivity index (χ1n) is 9.30. The van der Waals surface area contributed by atoms with E-state index >= 15 is 0 Å². The van der Waals surface area contributed by atoms with E-state index in [1.165, 1.54) is 12.1 Å². The van der Waals surface area contributed by atoms with Crippen LogP contribution in [0.25, 0.3) is 5.65 Å². The molecule has 3 aromatic rings. The molecule has 0 aliphatic heterocycles. The average molecular weight is 419 g/mol. The molecule has 158 valence electrons. The van der Waals surface area contributed by atoms with Gasteiger partial charge in [0.2, 0.25) is 0 Å². The van der Waals surface area contributed by atoms with Gasteiger partial charge in [-0.1, -0.05) is 13.0 Å². The molecule has 0 spiro atoms. The van der Waals surface area contributed by atoms with Gasteiger partial charge < -0.3 is 10.1 Å². The highest BCUT2D eigenvalue weighted by atomic mass is 19.4. The van der Waals surface area contributed by atoms with Crippen LogP contribution < -0.4 is 5.32 Å². The minimum atomic E-state index is -4.55. The van der Waals surface area contributed by atoms with Crippen LogP contribution in [0, 0.1) is 0 Å². The number of benzene rings is 1. The van der Waals surface area contributed by atoms with Gasteiger partial charge in [-0.05, 0) is 50.6 Å². The summed E-state index contributed by atoms with van der Waals surface area (Å²) < 4.78 is 45.6. The smallest absolute Gasteiger partial charge is 0.417 e. The number of carbonyl (C=O) groups excluding carboxylic acids is 2. The van der Waals surface area contributed by atoms with Crippen molar-refractivity contribution in [3.8, 4) is 0 Å². The molecule has 6 nitrogen and oxygen atoms in total. The fourth-order valence-electron chi connectivity index (χ4n) is 2.94. The highest BCUT2D eigenvalue weighted by molar-refractivity contribution is 6.05. The number of anilines is 1. The molecular formula is C21H20F3N3O3. The summed E-state index contributed by atoms with van der Waals surface area (Å²) in [5.41, 5.74) is 0.273. The summed E-state index contributed by atoms with van der Waals surface area (Å²) >= 11 is 0. The first-order chi connectivity index (χ1) is 14.1. The first kappa shape index (κ1) is 21.4. The third kappa shape index (κ3) is 4.45. The van der Waals surface area contributed by atoms with Crippen molar-refractivity contribution < 1.29 is 27.5 Å². The number of carbonyl (C=O) groups is 2. The molecule has 2 aromatic heterocycles. The Bertz CT molecular complexity index is 1100. The van der Waals surface area contributed by atoms with Crippen LogP contribution in [0.3, 0.4) is 0 Å². The number of rotatable bonds is 5. The zero-order valence-electron chi connectivity index (χ0n) is 16.6. The fourth-order valence-corrected chi connectivity index (χ4v) is 2.94. The van der Waals surface area contributed by atoms with Crippen LogP contribution in [0.5, 0.6) is 0 Å². The summed E-state index contributed by atoms with van der Waals surface area (Å²) in [6.07, 6.45) is -3.65. The van der Waals surface area contributed by atoms with Crippen LogP contribution in [0.2, 0.25) is 0 Å². The summed E-state index contributed by atoms with van der Waals surface area (Å²) in [5.74, 6) is -1.17. The average Bonchev–Trinajstić information content (AvgIpc) is 3.05. The minimum Gasteiger partial charge on any atom is -0.459 e. The quantitative estimate of drug-likeness (QED) is 0.607. The lowest BCUT2D eigenvalue weighted by molar-refractivity contribution is -0.137. The van der Waals surface area contributed by atoms with Gasteiger partial charge in [0.1, 0.15) is 11.3 Å².